The molecule has 0 aliphatic rings. The third kappa shape index (κ3) is 4.27. The number of halogens is 1. The molecule has 0 unspecified atom stereocenters. The summed E-state index contributed by atoms with van der Waals surface area (Å²) in [6, 6.07) is 14.2. The predicted octanol–water partition coefficient (Wildman–Crippen LogP) is 1.70. The van der Waals surface area contributed by atoms with Gasteiger partial charge in [0.2, 0.25) is 0 Å². The van der Waals surface area contributed by atoms with Crippen LogP contribution in [0, 0.1) is 0 Å². The highest BCUT2D eigenvalue weighted by atomic mass is 35.5. The fourth-order valence-corrected chi connectivity index (χ4v) is 3.81. The van der Waals surface area contributed by atoms with Crippen LogP contribution < -0.4 is 26.0 Å². The number of carboxylic acids is 1. The summed E-state index contributed by atoms with van der Waals surface area (Å²) in [6.07, 6.45) is 1.59. The van der Waals surface area contributed by atoms with Crippen LogP contribution >= 0.6 is 22.9 Å². The predicted molar refractivity (Wildman–Crippen MR) is 120 cm³/mol. The number of ether oxygens (including phenoxy) is 1. The summed E-state index contributed by atoms with van der Waals surface area (Å²) in [5, 5.41) is 16.4. The van der Waals surface area contributed by atoms with E-state index in [-0.39, 0.29) is 21.5 Å². The van der Waals surface area contributed by atoms with Gasteiger partial charge >= 0.3 is 5.97 Å². The zero-order valence-electron chi connectivity index (χ0n) is 16.3. The molecule has 2 heterocycles. The first-order valence-electron chi connectivity index (χ1n) is 9.22. The van der Waals surface area contributed by atoms with Crippen molar-refractivity contribution in [2.24, 2.45) is 0 Å². The Balaban J connectivity index is 1.71. The molecular weight excluding hydrogens is 452 g/mol. The van der Waals surface area contributed by atoms with Crippen molar-refractivity contribution in [3.05, 3.63) is 102 Å². The van der Waals surface area contributed by atoms with E-state index in [2.05, 4.69) is 11.7 Å². The van der Waals surface area contributed by atoms with Crippen LogP contribution in [0.3, 0.4) is 0 Å². The van der Waals surface area contributed by atoms with E-state index in [4.69, 9.17) is 16.3 Å². The number of rotatable bonds is 5. The molecule has 2 aromatic heterocycles. The minimum Gasteiger partial charge on any atom is -0.545 e. The summed E-state index contributed by atoms with van der Waals surface area (Å²) in [6.45, 7) is 3.86. The van der Waals surface area contributed by atoms with Crippen LogP contribution in [0.15, 0.2) is 64.8 Å². The number of H-pyrrole nitrogens is 1. The molecule has 1 N–H and O–H groups in total. The van der Waals surface area contributed by atoms with Crippen LogP contribution in [0.2, 0.25) is 5.02 Å². The number of aromatic carboxylic acids is 1. The fourth-order valence-electron chi connectivity index (χ4n) is 3.02. The molecular formula is C23H14ClN2O5S-. The van der Waals surface area contributed by atoms with E-state index in [1.54, 1.807) is 47.9 Å². The van der Waals surface area contributed by atoms with Gasteiger partial charge in [-0.05, 0) is 53.4 Å². The molecule has 0 spiro atoms. The van der Waals surface area contributed by atoms with Gasteiger partial charge in [0.25, 0.3) is 5.56 Å². The van der Waals surface area contributed by atoms with E-state index in [0.29, 0.717) is 21.5 Å². The van der Waals surface area contributed by atoms with Gasteiger partial charge in [-0.15, -0.1) is 11.3 Å². The second kappa shape index (κ2) is 8.70. The maximum atomic E-state index is 13.0. The average Bonchev–Trinajstić information content (AvgIpc) is 3.39. The molecule has 160 valence electrons. The largest absolute Gasteiger partial charge is 0.545 e. The van der Waals surface area contributed by atoms with E-state index in [1.165, 1.54) is 29.5 Å². The van der Waals surface area contributed by atoms with Gasteiger partial charge in [0, 0.05) is 10.6 Å². The first kappa shape index (κ1) is 21.4. The smallest absolute Gasteiger partial charge is 0.353 e. The van der Waals surface area contributed by atoms with Gasteiger partial charge in [-0.25, -0.2) is 9.48 Å². The number of nitrogens with one attached hydrogen (secondary N) is 1. The summed E-state index contributed by atoms with van der Waals surface area (Å²) in [7, 11) is 0. The van der Waals surface area contributed by atoms with Crippen molar-refractivity contribution in [2.45, 2.75) is 0 Å². The first-order valence-corrected chi connectivity index (χ1v) is 10.5. The highest BCUT2D eigenvalue weighted by Crippen LogP contribution is 2.19. The Morgan fingerprint density at radius 2 is 1.97 bits per heavy atom. The Bertz CT molecular complexity index is 1500. The Labute approximate surface area is 190 Å². The summed E-state index contributed by atoms with van der Waals surface area (Å²) in [5.41, 5.74) is 0.201. The number of esters is 1. The van der Waals surface area contributed by atoms with E-state index < -0.39 is 17.5 Å². The maximum absolute atomic E-state index is 13.0. The molecule has 0 bridgehead atoms. The fraction of sp³-hybridized carbons (Fsp3) is 0. The second-order valence-corrected chi connectivity index (χ2v) is 8.03. The lowest BCUT2D eigenvalue weighted by Gasteiger charge is -2.08. The SMILES string of the molecule is C=c1[nH]n(-c2ccc(Cl)c(C(=O)[O-])c2)c(=O)/c1=C\c1cccc(OC(=O)c2cccs2)c1. The van der Waals surface area contributed by atoms with E-state index in [0.717, 1.165) is 4.68 Å². The lowest BCUT2D eigenvalue weighted by Crippen LogP contribution is -2.34. The minimum atomic E-state index is -1.45. The van der Waals surface area contributed by atoms with Gasteiger partial charge in [-0.3, -0.25) is 9.89 Å². The third-order valence-corrected chi connectivity index (χ3v) is 5.71. The molecule has 0 saturated heterocycles. The molecule has 0 atom stereocenters. The number of benzene rings is 2. The van der Waals surface area contributed by atoms with Gasteiger partial charge in [0.15, 0.2) is 0 Å². The highest BCUT2D eigenvalue weighted by molar-refractivity contribution is 7.12. The normalized spacial score (nSPS) is 11.5. The van der Waals surface area contributed by atoms with Crippen LogP contribution in [0.1, 0.15) is 25.6 Å². The molecule has 0 aliphatic carbocycles. The van der Waals surface area contributed by atoms with Gasteiger partial charge in [0.1, 0.15) is 10.6 Å². The van der Waals surface area contributed by atoms with Crippen molar-refractivity contribution >= 4 is 47.5 Å². The van der Waals surface area contributed by atoms with Crippen LogP contribution in [-0.2, 0) is 0 Å². The van der Waals surface area contributed by atoms with Gasteiger partial charge < -0.3 is 14.6 Å². The molecule has 9 heteroatoms. The lowest BCUT2D eigenvalue weighted by atomic mass is 10.2. The number of carbonyl (C=O) groups is 2. The van der Waals surface area contributed by atoms with Gasteiger partial charge in [0.05, 0.1) is 22.2 Å². The standard InChI is InChI=1S/C23H15ClN2O5S/c1-13-17(21(27)26(25-13)15-7-8-19(24)18(12-15)22(28)29)11-14-4-2-5-16(10-14)31-23(30)20-6-3-9-32-20/h2-12,25H,1H2,(H,28,29)/p-1/b17-11-. The summed E-state index contributed by atoms with van der Waals surface area (Å²) < 4.78 is 6.55. The zero-order valence-corrected chi connectivity index (χ0v) is 17.9. The van der Waals surface area contributed by atoms with E-state index >= 15 is 0 Å². The molecule has 0 aliphatic heterocycles. The topological polar surface area (TPSA) is 104 Å². The van der Waals surface area contributed by atoms with E-state index in [1.807, 2.05) is 0 Å². The lowest BCUT2D eigenvalue weighted by molar-refractivity contribution is -0.255. The number of aromatic amines is 1. The molecule has 0 fully saturated rings. The number of aromatic nitrogens is 2. The van der Waals surface area contributed by atoms with Gasteiger partial charge in [-0.2, -0.15) is 0 Å². The maximum Gasteiger partial charge on any atom is 0.353 e. The number of nitrogens with zero attached hydrogens (tertiary/aromatic N) is 1. The molecule has 7 nitrogen and oxygen atoms in total. The Morgan fingerprint density at radius 3 is 2.69 bits per heavy atom. The van der Waals surface area contributed by atoms with Crippen LogP contribution in [-0.4, -0.2) is 21.7 Å². The van der Waals surface area contributed by atoms with Gasteiger partial charge in [-0.1, -0.05) is 36.4 Å². The number of carboxylic acid groups (broad SMARTS) is 1. The molecule has 2 aromatic carbocycles. The minimum absolute atomic E-state index is 0.00361. The Morgan fingerprint density at radius 1 is 1.16 bits per heavy atom. The molecule has 0 saturated carbocycles. The number of hydrogen-bond acceptors (Lipinski definition) is 6. The number of hydrogen-bond donors (Lipinski definition) is 1. The zero-order chi connectivity index (χ0) is 22.8. The molecule has 4 rings (SSSR count). The van der Waals surface area contributed by atoms with Crippen LogP contribution in [0.4, 0.5) is 0 Å². The average molecular weight is 466 g/mol. The molecule has 32 heavy (non-hydrogen) atoms. The molecule has 0 radical (unpaired) electrons. The van der Waals surface area contributed by atoms with Crippen molar-refractivity contribution < 1.29 is 19.4 Å². The Kier molecular flexibility index (Phi) is 5.81. The number of carbonyl (C=O) groups excluding carboxylic acids is 2. The van der Waals surface area contributed by atoms with Crippen molar-refractivity contribution in [3.63, 3.8) is 0 Å². The first-order chi connectivity index (χ1) is 15.3. The van der Waals surface area contributed by atoms with Crippen molar-refractivity contribution in [2.75, 3.05) is 0 Å². The van der Waals surface area contributed by atoms with E-state index in [9.17, 15) is 19.5 Å². The van der Waals surface area contributed by atoms with Crippen molar-refractivity contribution in [1.29, 1.82) is 0 Å². The number of thiophene rings is 1. The van der Waals surface area contributed by atoms with Crippen molar-refractivity contribution in [3.8, 4) is 11.4 Å². The summed E-state index contributed by atoms with van der Waals surface area (Å²) >= 11 is 7.15. The van der Waals surface area contributed by atoms with Crippen molar-refractivity contribution in [1.82, 2.24) is 9.78 Å². The molecule has 0 amide bonds. The molecule has 4 aromatic rings. The second-order valence-electron chi connectivity index (χ2n) is 6.68. The monoisotopic (exact) mass is 465 g/mol. The highest BCUT2D eigenvalue weighted by Gasteiger charge is 2.11. The van der Waals surface area contributed by atoms with Crippen LogP contribution in [0.25, 0.3) is 18.3 Å². The summed E-state index contributed by atoms with van der Waals surface area (Å²) in [5.74, 6) is -1.59. The van der Waals surface area contributed by atoms with Crippen LogP contribution in [0.5, 0.6) is 5.75 Å². The quantitative estimate of drug-likeness (QED) is 0.357. The Hall–Kier alpha value is -3.88. The summed E-state index contributed by atoms with van der Waals surface area (Å²) in [4.78, 5) is 36.8. The third-order valence-electron chi connectivity index (χ3n) is 4.54.